The van der Waals surface area contributed by atoms with Crippen molar-refractivity contribution in [3.8, 4) is 11.3 Å². The van der Waals surface area contributed by atoms with Crippen LogP contribution in [0.25, 0.3) is 11.3 Å². The lowest BCUT2D eigenvalue weighted by molar-refractivity contribution is -0.139. The zero-order valence-corrected chi connectivity index (χ0v) is 14.8. The van der Waals surface area contributed by atoms with Crippen molar-refractivity contribution >= 4 is 40.9 Å². The van der Waals surface area contributed by atoms with Gasteiger partial charge in [-0.05, 0) is 44.2 Å². The van der Waals surface area contributed by atoms with E-state index < -0.39 is 16.8 Å². The highest BCUT2D eigenvalue weighted by atomic mass is 35.5. The van der Waals surface area contributed by atoms with E-state index in [0.717, 1.165) is 5.56 Å². The van der Waals surface area contributed by atoms with Gasteiger partial charge in [-0.1, -0.05) is 23.2 Å². The highest BCUT2D eigenvalue weighted by Gasteiger charge is 2.46. The van der Waals surface area contributed by atoms with Crippen LogP contribution in [0.3, 0.4) is 0 Å². The minimum atomic E-state index is -0.863. The molecule has 2 atom stereocenters. The second kappa shape index (κ2) is 6.06. The fourth-order valence-corrected chi connectivity index (χ4v) is 4.46. The lowest BCUT2D eigenvalue weighted by Crippen LogP contribution is -2.43. The largest absolute Gasteiger partial charge is 0.480 e. The first kappa shape index (κ1) is 16.7. The Balaban J connectivity index is 1.87. The summed E-state index contributed by atoms with van der Waals surface area (Å²) in [6.45, 7) is 3.81. The van der Waals surface area contributed by atoms with Crippen molar-refractivity contribution in [2.45, 2.75) is 30.0 Å². The highest BCUT2D eigenvalue weighted by molar-refractivity contribution is 8.01. The van der Waals surface area contributed by atoms with Gasteiger partial charge in [0.25, 0.3) is 0 Å². The van der Waals surface area contributed by atoms with Crippen LogP contribution in [0.1, 0.15) is 25.0 Å². The Morgan fingerprint density at radius 3 is 2.65 bits per heavy atom. The average molecular weight is 372 g/mol. The van der Waals surface area contributed by atoms with E-state index in [1.54, 1.807) is 18.2 Å². The molecule has 1 aliphatic rings. The molecule has 0 saturated carbocycles. The first-order valence-electron chi connectivity index (χ1n) is 7.00. The van der Waals surface area contributed by atoms with Gasteiger partial charge in [-0.3, -0.25) is 10.1 Å². The molecule has 0 amide bonds. The molecule has 1 aliphatic heterocycles. The standard InChI is InChI=1S/C16H15Cl2NO3S/c1-16(2)13(15(20)21)19-14(23-16)12-6-5-11(22-12)9-4-3-8(17)7-10(9)18/h3-7,13-14,19H,1-2H3,(H,20,21). The Bertz CT molecular complexity index is 760. The van der Waals surface area contributed by atoms with E-state index >= 15 is 0 Å². The lowest BCUT2D eigenvalue weighted by Gasteiger charge is -2.20. The third-order valence-electron chi connectivity index (χ3n) is 3.76. The van der Waals surface area contributed by atoms with Gasteiger partial charge in [0.2, 0.25) is 0 Å². The Kier molecular flexibility index (Phi) is 4.40. The SMILES string of the molecule is CC1(C)SC(c2ccc(-c3ccc(Cl)cc3Cl)o2)NC1C(=O)O. The molecule has 1 aromatic carbocycles. The van der Waals surface area contributed by atoms with E-state index in [1.165, 1.54) is 11.8 Å². The quantitative estimate of drug-likeness (QED) is 0.809. The molecule has 23 heavy (non-hydrogen) atoms. The molecule has 2 aromatic rings. The summed E-state index contributed by atoms with van der Waals surface area (Å²) < 4.78 is 5.46. The van der Waals surface area contributed by atoms with Gasteiger partial charge in [0.1, 0.15) is 22.9 Å². The summed E-state index contributed by atoms with van der Waals surface area (Å²) in [5.41, 5.74) is 0.749. The zero-order valence-electron chi connectivity index (χ0n) is 12.5. The minimum Gasteiger partial charge on any atom is -0.480 e. The predicted molar refractivity (Wildman–Crippen MR) is 93.1 cm³/mol. The number of hydrogen-bond donors (Lipinski definition) is 2. The number of rotatable bonds is 3. The van der Waals surface area contributed by atoms with Crippen LogP contribution in [0.15, 0.2) is 34.7 Å². The molecule has 1 aromatic heterocycles. The van der Waals surface area contributed by atoms with Crippen molar-refractivity contribution in [3.63, 3.8) is 0 Å². The summed E-state index contributed by atoms with van der Waals surface area (Å²) in [4.78, 5) is 11.4. The van der Waals surface area contributed by atoms with Gasteiger partial charge in [-0.2, -0.15) is 0 Å². The molecular weight excluding hydrogens is 357 g/mol. The predicted octanol–water partition coefficient (Wildman–Crippen LogP) is 4.82. The maximum Gasteiger partial charge on any atom is 0.322 e. The van der Waals surface area contributed by atoms with Crippen LogP contribution in [0.2, 0.25) is 10.0 Å². The van der Waals surface area contributed by atoms with E-state index in [9.17, 15) is 9.90 Å². The number of carboxylic acid groups (broad SMARTS) is 1. The summed E-state index contributed by atoms with van der Waals surface area (Å²) in [5, 5.41) is 13.3. The van der Waals surface area contributed by atoms with Gasteiger partial charge in [0.05, 0.1) is 5.02 Å². The van der Waals surface area contributed by atoms with Crippen LogP contribution in [0.4, 0.5) is 0 Å². The summed E-state index contributed by atoms with van der Waals surface area (Å²) >= 11 is 13.6. The van der Waals surface area contributed by atoms with E-state index in [-0.39, 0.29) is 5.37 Å². The fourth-order valence-electron chi connectivity index (χ4n) is 2.59. The van der Waals surface area contributed by atoms with Gasteiger partial charge >= 0.3 is 5.97 Å². The number of thioether (sulfide) groups is 1. The Morgan fingerprint density at radius 1 is 1.30 bits per heavy atom. The normalized spacial score (nSPS) is 23.1. The van der Waals surface area contributed by atoms with Crippen molar-refractivity contribution in [1.29, 1.82) is 0 Å². The maximum atomic E-state index is 11.4. The van der Waals surface area contributed by atoms with Crippen molar-refractivity contribution in [3.05, 3.63) is 46.1 Å². The van der Waals surface area contributed by atoms with E-state index in [4.69, 9.17) is 27.6 Å². The summed E-state index contributed by atoms with van der Waals surface area (Å²) in [6, 6.07) is 8.24. The topological polar surface area (TPSA) is 62.5 Å². The smallest absolute Gasteiger partial charge is 0.322 e. The highest BCUT2D eigenvalue weighted by Crippen LogP contribution is 2.46. The monoisotopic (exact) mass is 371 g/mol. The zero-order chi connectivity index (χ0) is 16.8. The average Bonchev–Trinajstić information content (AvgIpc) is 3.02. The Labute approximate surface area is 148 Å². The lowest BCUT2D eigenvalue weighted by atomic mass is 10.0. The van der Waals surface area contributed by atoms with Crippen LogP contribution in [0.5, 0.6) is 0 Å². The van der Waals surface area contributed by atoms with Crippen LogP contribution in [0, 0.1) is 0 Å². The fraction of sp³-hybridized carbons (Fsp3) is 0.312. The van der Waals surface area contributed by atoms with E-state index in [2.05, 4.69) is 5.32 Å². The van der Waals surface area contributed by atoms with Crippen LogP contribution < -0.4 is 5.32 Å². The molecule has 1 saturated heterocycles. The molecule has 2 unspecified atom stereocenters. The van der Waals surface area contributed by atoms with Gasteiger partial charge in [0, 0.05) is 15.3 Å². The number of halogens is 2. The van der Waals surface area contributed by atoms with Gasteiger partial charge < -0.3 is 9.52 Å². The van der Waals surface area contributed by atoms with Crippen LogP contribution in [-0.2, 0) is 4.79 Å². The van der Waals surface area contributed by atoms with Crippen molar-refractivity contribution in [2.24, 2.45) is 0 Å². The summed E-state index contributed by atoms with van der Waals surface area (Å²) in [5.74, 6) is 0.436. The molecule has 4 nitrogen and oxygen atoms in total. The van der Waals surface area contributed by atoms with Crippen LogP contribution >= 0.6 is 35.0 Å². The van der Waals surface area contributed by atoms with Crippen molar-refractivity contribution in [1.82, 2.24) is 5.32 Å². The molecule has 2 heterocycles. The van der Waals surface area contributed by atoms with Crippen molar-refractivity contribution < 1.29 is 14.3 Å². The molecule has 0 radical (unpaired) electrons. The first-order chi connectivity index (χ1) is 10.8. The Morgan fingerprint density at radius 2 is 2.04 bits per heavy atom. The molecule has 3 rings (SSSR count). The Hall–Kier alpha value is -1.14. The number of nitrogens with one attached hydrogen (secondary N) is 1. The number of carbonyl (C=O) groups is 1. The molecule has 0 spiro atoms. The maximum absolute atomic E-state index is 11.4. The van der Waals surface area contributed by atoms with Gasteiger partial charge in [-0.25, -0.2) is 0 Å². The van der Waals surface area contributed by atoms with Crippen molar-refractivity contribution in [2.75, 3.05) is 0 Å². The second-order valence-corrected chi connectivity index (χ2v) is 8.47. The molecule has 0 bridgehead atoms. The molecular formula is C16H15Cl2NO3S. The third kappa shape index (κ3) is 3.24. The molecule has 2 N–H and O–H groups in total. The van der Waals surface area contributed by atoms with E-state index in [1.807, 2.05) is 26.0 Å². The number of hydrogen-bond acceptors (Lipinski definition) is 4. The summed E-state index contributed by atoms with van der Waals surface area (Å²) in [7, 11) is 0. The number of aliphatic carboxylic acids is 1. The van der Waals surface area contributed by atoms with Crippen LogP contribution in [-0.4, -0.2) is 21.9 Å². The van der Waals surface area contributed by atoms with E-state index in [0.29, 0.717) is 21.6 Å². The number of carboxylic acids is 1. The number of benzene rings is 1. The van der Waals surface area contributed by atoms with Gasteiger partial charge in [0.15, 0.2) is 0 Å². The minimum absolute atomic E-state index is 0.217. The van der Waals surface area contributed by atoms with Gasteiger partial charge in [-0.15, -0.1) is 11.8 Å². The molecule has 7 heteroatoms. The third-order valence-corrected chi connectivity index (χ3v) is 5.76. The number of furan rings is 1. The summed E-state index contributed by atoms with van der Waals surface area (Å²) in [6.07, 6.45) is 0. The molecule has 0 aliphatic carbocycles. The molecule has 1 fully saturated rings. The second-order valence-electron chi connectivity index (χ2n) is 5.87. The molecule has 122 valence electrons. The first-order valence-corrected chi connectivity index (χ1v) is 8.63.